The van der Waals surface area contributed by atoms with E-state index in [-0.39, 0.29) is 18.1 Å². The van der Waals surface area contributed by atoms with E-state index in [0.717, 1.165) is 37.2 Å². The molecule has 2 rings (SSSR count). The molecular formula is C16H24N2O2. The first-order valence-corrected chi connectivity index (χ1v) is 7.44. The van der Waals surface area contributed by atoms with Gasteiger partial charge in [0.05, 0.1) is 12.5 Å². The van der Waals surface area contributed by atoms with Crippen molar-refractivity contribution in [3.8, 4) is 0 Å². The maximum absolute atomic E-state index is 12.1. The molecule has 1 heterocycles. The van der Waals surface area contributed by atoms with E-state index in [1.807, 2.05) is 18.2 Å². The van der Waals surface area contributed by atoms with E-state index in [4.69, 9.17) is 4.74 Å². The van der Waals surface area contributed by atoms with E-state index in [1.165, 1.54) is 0 Å². The van der Waals surface area contributed by atoms with Gasteiger partial charge in [0.15, 0.2) is 0 Å². The average Bonchev–Trinajstić information content (AvgIpc) is 2.92. The summed E-state index contributed by atoms with van der Waals surface area (Å²) in [6, 6.07) is 8.17. The molecule has 2 unspecified atom stereocenters. The highest BCUT2D eigenvalue weighted by Crippen LogP contribution is 2.23. The number of anilines is 1. The van der Waals surface area contributed by atoms with Crippen molar-refractivity contribution in [3.63, 3.8) is 0 Å². The number of rotatable bonds is 6. The zero-order chi connectivity index (χ0) is 14.4. The number of nitrogens with one attached hydrogen (secondary N) is 2. The predicted molar refractivity (Wildman–Crippen MR) is 80.8 cm³/mol. The van der Waals surface area contributed by atoms with Crippen LogP contribution in [0.1, 0.15) is 44.7 Å². The lowest BCUT2D eigenvalue weighted by Gasteiger charge is -2.18. The molecule has 1 aliphatic heterocycles. The normalized spacial score (nSPS) is 19.8. The molecule has 0 bridgehead atoms. The van der Waals surface area contributed by atoms with E-state index in [9.17, 15) is 4.79 Å². The third kappa shape index (κ3) is 4.05. The molecule has 2 atom stereocenters. The van der Waals surface area contributed by atoms with Crippen molar-refractivity contribution in [2.24, 2.45) is 0 Å². The third-order valence-electron chi connectivity index (χ3n) is 3.65. The van der Waals surface area contributed by atoms with Crippen molar-refractivity contribution in [1.82, 2.24) is 5.32 Å². The Labute approximate surface area is 120 Å². The highest BCUT2D eigenvalue weighted by Gasteiger charge is 2.20. The summed E-state index contributed by atoms with van der Waals surface area (Å²) in [6.45, 7) is 5.87. The summed E-state index contributed by atoms with van der Waals surface area (Å²) in [6.07, 6.45) is 2.59. The number of para-hydroxylation sites is 1. The Kier molecular flexibility index (Phi) is 5.56. The SMILES string of the molecule is CCNC(C)c1ccccc1NC(=O)CC1CCCO1. The predicted octanol–water partition coefficient (Wildman–Crippen LogP) is 2.86. The molecule has 0 radical (unpaired) electrons. The summed E-state index contributed by atoms with van der Waals surface area (Å²) >= 11 is 0. The second-order valence-corrected chi connectivity index (χ2v) is 5.25. The molecule has 2 N–H and O–H groups in total. The first-order valence-electron chi connectivity index (χ1n) is 7.44. The van der Waals surface area contributed by atoms with Gasteiger partial charge in [-0.05, 0) is 37.9 Å². The van der Waals surface area contributed by atoms with E-state index >= 15 is 0 Å². The maximum Gasteiger partial charge on any atom is 0.226 e. The highest BCUT2D eigenvalue weighted by molar-refractivity contribution is 5.91. The lowest BCUT2D eigenvalue weighted by atomic mass is 10.1. The average molecular weight is 276 g/mol. The summed E-state index contributed by atoms with van der Waals surface area (Å²) in [5, 5.41) is 6.39. The molecule has 4 heteroatoms. The number of benzene rings is 1. The zero-order valence-electron chi connectivity index (χ0n) is 12.3. The van der Waals surface area contributed by atoms with E-state index in [0.29, 0.717) is 6.42 Å². The summed E-state index contributed by atoms with van der Waals surface area (Å²) in [4.78, 5) is 12.1. The molecule has 1 aliphatic rings. The lowest BCUT2D eigenvalue weighted by molar-refractivity contribution is -0.118. The van der Waals surface area contributed by atoms with E-state index in [1.54, 1.807) is 0 Å². The summed E-state index contributed by atoms with van der Waals surface area (Å²) < 4.78 is 5.50. The van der Waals surface area contributed by atoms with Gasteiger partial charge in [-0.15, -0.1) is 0 Å². The van der Waals surface area contributed by atoms with Crippen LogP contribution in [0.25, 0.3) is 0 Å². The fraction of sp³-hybridized carbons (Fsp3) is 0.562. The van der Waals surface area contributed by atoms with Crippen molar-refractivity contribution in [1.29, 1.82) is 0 Å². The monoisotopic (exact) mass is 276 g/mol. The molecule has 1 aromatic rings. The maximum atomic E-state index is 12.1. The summed E-state index contributed by atoms with van der Waals surface area (Å²) in [5.74, 6) is 0.0352. The molecule has 0 aromatic heterocycles. The minimum atomic E-state index is 0.0352. The van der Waals surface area contributed by atoms with Gasteiger partial charge < -0.3 is 15.4 Å². The molecule has 20 heavy (non-hydrogen) atoms. The van der Waals surface area contributed by atoms with Crippen molar-refractivity contribution in [2.45, 2.75) is 45.3 Å². The number of amides is 1. The minimum absolute atomic E-state index is 0.0352. The van der Waals surface area contributed by atoms with Gasteiger partial charge in [0.2, 0.25) is 5.91 Å². The van der Waals surface area contributed by atoms with Crippen LogP contribution in [0.15, 0.2) is 24.3 Å². The molecule has 1 aromatic carbocycles. The number of carbonyl (C=O) groups is 1. The highest BCUT2D eigenvalue weighted by atomic mass is 16.5. The molecular weight excluding hydrogens is 252 g/mol. The van der Waals surface area contributed by atoms with Gasteiger partial charge in [0, 0.05) is 18.3 Å². The van der Waals surface area contributed by atoms with Crippen LogP contribution in [0.5, 0.6) is 0 Å². The minimum Gasteiger partial charge on any atom is -0.378 e. The van der Waals surface area contributed by atoms with Crippen molar-refractivity contribution < 1.29 is 9.53 Å². The topological polar surface area (TPSA) is 50.4 Å². The molecule has 1 amide bonds. The molecule has 0 aliphatic carbocycles. The number of ether oxygens (including phenoxy) is 1. The van der Waals surface area contributed by atoms with Gasteiger partial charge in [0.1, 0.15) is 0 Å². The fourth-order valence-electron chi connectivity index (χ4n) is 2.62. The quantitative estimate of drug-likeness (QED) is 0.840. The number of carbonyl (C=O) groups excluding carboxylic acids is 1. The molecule has 110 valence electrons. The molecule has 4 nitrogen and oxygen atoms in total. The van der Waals surface area contributed by atoms with Gasteiger partial charge in [-0.2, -0.15) is 0 Å². The van der Waals surface area contributed by atoms with Gasteiger partial charge >= 0.3 is 0 Å². The van der Waals surface area contributed by atoms with Crippen molar-refractivity contribution >= 4 is 11.6 Å². The zero-order valence-corrected chi connectivity index (χ0v) is 12.3. The Hall–Kier alpha value is -1.39. The Morgan fingerprint density at radius 2 is 2.25 bits per heavy atom. The second-order valence-electron chi connectivity index (χ2n) is 5.25. The van der Waals surface area contributed by atoms with E-state index < -0.39 is 0 Å². The molecule has 1 fully saturated rings. The van der Waals surface area contributed by atoms with Gasteiger partial charge in [-0.25, -0.2) is 0 Å². The summed E-state index contributed by atoms with van der Waals surface area (Å²) in [5.41, 5.74) is 2.01. The number of hydrogen-bond donors (Lipinski definition) is 2. The smallest absolute Gasteiger partial charge is 0.226 e. The first-order chi connectivity index (χ1) is 9.70. The molecule has 0 spiro atoms. The first kappa shape index (κ1) is 15.0. The Balaban J connectivity index is 1.98. The van der Waals surface area contributed by atoms with Crippen LogP contribution in [0.4, 0.5) is 5.69 Å². The lowest BCUT2D eigenvalue weighted by Crippen LogP contribution is -2.22. The Morgan fingerprint density at radius 3 is 2.95 bits per heavy atom. The Bertz CT molecular complexity index is 442. The largest absolute Gasteiger partial charge is 0.378 e. The summed E-state index contributed by atoms with van der Waals surface area (Å²) in [7, 11) is 0. The second kappa shape index (κ2) is 7.41. The van der Waals surface area contributed by atoms with E-state index in [2.05, 4.69) is 30.5 Å². The molecule has 1 saturated heterocycles. The van der Waals surface area contributed by atoms with Crippen LogP contribution in [0.2, 0.25) is 0 Å². The van der Waals surface area contributed by atoms with Crippen LogP contribution in [0, 0.1) is 0 Å². The van der Waals surface area contributed by atoms with Crippen LogP contribution in [-0.2, 0) is 9.53 Å². The van der Waals surface area contributed by atoms with Gasteiger partial charge in [0.25, 0.3) is 0 Å². The van der Waals surface area contributed by atoms with Crippen LogP contribution >= 0.6 is 0 Å². The van der Waals surface area contributed by atoms with Gasteiger partial charge in [-0.1, -0.05) is 25.1 Å². The van der Waals surface area contributed by atoms with Crippen LogP contribution in [-0.4, -0.2) is 25.2 Å². The molecule has 0 saturated carbocycles. The fourth-order valence-corrected chi connectivity index (χ4v) is 2.62. The number of hydrogen-bond acceptors (Lipinski definition) is 3. The van der Waals surface area contributed by atoms with Crippen molar-refractivity contribution in [2.75, 3.05) is 18.5 Å². The standard InChI is InChI=1S/C16H24N2O2/c1-3-17-12(2)14-8-4-5-9-15(14)18-16(19)11-13-7-6-10-20-13/h4-5,8-9,12-13,17H,3,6-7,10-11H2,1-2H3,(H,18,19). The van der Waals surface area contributed by atoms with Gasteiger partial charge in [-0.3, -0.25) is 4.79 Å². The Morgan fingerprint density at radius 1 is 1.45 bits per heavy atom. The third-order valence-corrected chi connectivity index (χ3v) is 3.65. The van der Waals surface area contributed by atoms with Crippen LogP contribution in [0.3, 0.4) is 0 Å². The van der Waals surface area contributed by atoms with Crippen molar-refractivity contribution in [3.05, 3.63) is 29.8 Å². The van der Waals surface area contributed by atoms with Crippen LogP contribution < -0.4 is 10.6 Å².